The van der Waals surface area contributed by atoms with Crippen LogP contribution in [-0.2, 0) is 0 Å². The molecule has 0 spiro atoms. The minimum atomic E-state index is 0.611. The van der Waals surface area contributed by atoms with E-state index in [1.807, 2.05) is 17.8 Å². The van der Waals surface area contributed by atoms with Crippen LogP contribution in [0.25, 0.3) is 0 Å². The van der Waals surface area contributed by atoms with Gasteiger partial charge in [0.05, 0.1) is 0 Å². The molecule has 0 saturated heterocycles. The fourth-order valence-electron chi connectivity index (χ4n) is 1.13. The van der Waals surface area contributed by atoms with Crippen molar-refractivity contribution in [1.29, 1.82) is 0 Å². The summed E-state index contributed by atoms with van der Waals surface area (Å²) in [5.41, 5.74) is 5.51. The maximum atomic E-state index is 5.51. The van der Waals surface area contributed by atoms with Gasteiger partial charge in [-0.05, 0) is 36.4 Å². The van der Waals surface area contributed by atoms with Crippen LogP contribution >= 0.6 is 23.3 Å². The van der Waals surface area contributed by atoms with Crippen LogP contribution < -0.4 is 11.1 Å². The van der Waals surface area contributed by atoms with Crippen LogP contribution in [0.4, 0.5) is 10.8 Å². The second-order valence-electron chi connectivity index (χ2n) is 3.10. The molecule has 5 heteroatoms. The van der Waals surface area contributed by atoms with Crippen molar-refractivity contribution in [3.63, 3.8) is 0 Å². The van der Waals surface area contributed by atoms with Crippen molar-refractivity contribution in [1.82, 2.24) is 4.37 Å². The molecule has 0 unspecified atom stereocenters. The molecule has 0 fully saturated rings. The molecule has 0 bridgehead atoms. The predicted octanol–water partition coefficient (Wildman–Crippen LogP) is 2.67. The highest BCUT2D eigenvalue weighted by atomic mass is 32.2. The van der Waals surface area contributed by atoms with E-state index >= 15 is 0 Å². The molecule has 14 heavy (non-hydrogen) atoms. The summed E-state index contributed by atoms with van der Waals surface area (Å²) in [4.78, 5) is 0. The van der Waals surface area contributed by atoms with Crippen LogP contribution in [0.2, 0.25) is 0 Å². The molecule has 0 aliphatic carbocycles. The van der Waals surface area contributed by atoms with E-state index in [4.69, 9.17) is 5.73 Å². The molecule has 1 heterocycles. The Kier molecular flexibility index (Phi) is 5.78. The van der Waals surface area contributed by atoms with Gasteiger partial charge in [0.2, 0.25) is 0 Å². The van der Waals surface area contributed by atoms with Gasteiger partial charge in [0.1, 0.15) is 10.8 Å². The van der Waals surface area contributed by atoms with Crippen LogP contribution in [0, 0.1) is 0 Å². The monoisotopic (exact) mass is 231 g/mol. The molecule has 0 aromatic carbocycles. The summed E-state index contributed by atoms with van der Waals surface area (Å²) in [5.74, 6) is 1.88. The van der Waals surface area contributed by atoms with Crippen LogP contribution in [0.5, 0.6) is 0 Å². The summed E-state index contributed by atoms with van der Waals surface area (Å²) in [6, 6.07) is 1.88. The van der Waals surface area contributed by atoms with Gasteiger partial charge in [0.25, 0.3) is 0 Å². The molecule has 0 radical (unpaired) electrons. The van der Waals surface area contributed by atoms with Crippen molar-refractivity contribution in [2.75, 3.05) is 29.6 Å². The number of unbranched alkanes of at least 4 members (excludes halogenated alkanes) is 2. The van der Waals surface area contributed by atoms with Gasteiger partial charge in [-0.2, -0.15) is 16.1 Å². The lowest BCUT2D eigenvalue weighted by Crippen LogP contribution is -1.99. The topological polar surface area (TPSA) is 50.9 Å². The molecule has 0 aliphatic rings. The van der Waals surface area contributed by atoms with Gasteiger partial charge in [0.15, 0.2) is 0 Å². The molecule has 0 amide bonds. The number of nitrogens with two attached hydrogens (primary N) is 1. The average molecular weight is 231 g/mol. The first-order valence-electron chi connectivity index (χ1n) is 4.78. The van der Waals surface area contributed by atoms with E-state index in [9.17, 15) is 0 Å². The Balaban J connectivity index is 1.99. The molecule has 3 nitrogen and oxygen atoms in total. The van der Waals surface area contributed by atoms with Gasteiger partial charge in [-0.25, -0.2) is 0 Å². The molecule has 0 saturated carbocycles. The lowest BCUT2D eigenvalue weighted by atomic mass is 10.2. The van der Waals surface area contributed by atoms with E-state index in [1.165, 1.54) is 36.5 Å². The van der Waals surface area contributed by atoms with Crippen molar-refractivity contribution >= 4 is 34.1 Å². The fraction of sp³-hybridized carbons (Fsp3) is 0.667. The van der Waals surface area contributed by atoms with Crippen LogP contribution in [-0.4, -0.2) is 22.9 Å². The van der Waals surface area contributed by atoms with E-state index < -0.39 is 0 Å². The highest BCUT2D eigenvalue weighted by molar-refractivity contribution is 7.98. The van der Waals surface area contributed by atoms with Crippen molar-refractivity contribution in [2.45, 2.75) is 19.3 Å². The normalized spacial score (nSPS) is 10.4. The maximum Gasteiger partial charge on any atom is 0.139 e. The summed E-state index contributed by atoms with van der Waals surface area (Å²) >= 11 is 3.34. The summed E-state index contributed by atoms with van der Waals surface area (Å²) in [6.07, 6.45) is 5.98. The predicted molar refractivity (Wildman–Crippen MR) is 67.2 cm³/mol. The summed E-state index contributed by atoms with van der Waals surface area (Å²) in [6.45, 7) is 1.02. The molecule has 0 aliphatic heterocycles. The average Bonchev–Trinajstić information content (AvgIpc) is 2.58. The van der Waals surface area contributed by atoms with Gasteiger partial charge in [-0.3, -0.25) is 0 Å². The Labute approximate surface area is 93.6 Å². The Morgan fingerprint density at radius 3 is 3.00 bits per heavy atom. The largest absolute Gasteiger partial charge is 0.383 e. The number of rotatable bonds is 7. The second-order valence-corrected chi connectivity index (χ2v) is 4.89. The van der Waals surface area contributed by atoms with Gasteiger partial charge in [0, 0.05) is 12.6 Å². The molecule has 3 N–H and O–H groups in total. The Bertz CT molecular complexity index is 250. The van der Waals surface area contributed by atoms with Crippen molar-refractivity contribution in [3.8, 4) is 0 Å². The number of anilines is 2. The third-order valence-electron chi connectivity index (χ3n) is 1.85. The standard InChI is InChI=1S/C9H17N3S2/c1-13-6-4-2-3-5-11-9-7-8(10)12-14-9/h7,11H,2-6H2,1H3,(H2,10,12). The smallest absolute Gasteiger partial charge is 0.139 e. The highest BCUT2D eigenvalue weighted by Crippen LogP contribution is 2.17. The van der Waals surface area contributed by atoms with Crippen LogP contribution in [0.3, 0.4) is 0 Å². The fourth-order valence-corrected chi connectivity index (χ4v) is 2.22. The van der Waals surface area contributed by atoms with Crippen molar-refractivity contribution < 1.29 is 0 Å². The molecule has 0 atom stereocenters. The maximum absolute atomic E-state index is 5.51. The number of nitrogens with zero attached hydrogens (tertiary/aromatic N) is 1. The van der Waals surface area contributed by atoms with Gasteiger partial charge in [-0.1, -0.05) is 6.42 Å². The van der Waals surface area contributed by atoms with E-state index in [1.54, 1.807) is 0 Å². The minimum Gasteiger partial charge on any atom is -0.383 e. The number of hydrogen-bond acceptors (Lipinski definition) is 5. The van der Waals surface area contributed by atoms with E-state index in [0.717, 1.165) is 11.5 Å². The second kappa shape index (κ2) is 6.95. The van der Waals surface area contributed by atoms with Crippen molar-refractivity contribution in [2.24, 2.45) is 0 Å². The quantitative estimate of drug-likeness (QED) is 0.708. The lowest BCUT2D eigenvalue weighted by Gasteiger charge is -2.01. The van der Waals surface area contributed by atoms with Crippen molar-refractivity contribution in [3.05, 3.63) is 6.07 Å². The number of nitrogen functional groups attached to an aromatic ring is 1. The van der Waals surface area contributed by atoms with Gasteiger partial charge in [-0.15, -0.1) is 0 Å². The number of thioether (sulfide) groups is 1. The molecule has 1 aromatic rings. The van der Waals surface area contributed by atoms with Gasteiger partial charge < -0.3 is 11.1 Å². The Hall–Kier alpha value is -0.420. The van der Waals surface area contributed by atoms with E-state index in [0.29, 0.717) is 5.82 Å². The summed E-state index contributed by atoms with van der Waals surface area (Å²) in [5, 5.41) is 4.39. The zero-order valence-corrected chi connectivity index (χ0v) is 10.1. The number of aromatic nitrogens is 1. The first kappa shape index (κ1) is 11.7. The molecular weight excluding hydrogens is 214 g/mol. The third kappa shape index (κ3) is 4.72. The minimum absolute atomic E-state index is 0.611. The first-order valence-corrected chi connectivity index (χ1v) is 6.94. The molecular formula is C9H17N3S2. The van der Waals surface area contributed by atoms with E-state index in [2.05, 4.69) is 15.9 Å². The zero-order valence-electron chi connectivity index (χ0n) is 8.45. The zero-order chi connectivity index (χ0) is 10.2. The third-order valence-corrected chi connectivity index (χ3v) is 3.31. The summed E-state index contributed by atoms with van der Waals surface area (Å²) < 4.78 is 4.00. The van der Waals surface area contributed by atoms with Crippen LogP contribution in [0.1, 0.15) is 19.3 Å². The molecule has 1 aromatic heterocycles. The first-order chi connectivity index (χ1) is 6.83. The highest BCUT2D eigenvalue weighted by Gasteiger charge is 1.96. The number of nitrogens with one attached hydrogen (secondary N) is 1. The summed E-state index contributed by atoms with van der Waals surface area (Å²) in [7, 11) is 0. The molecule has 1 rings (SSSR count). The Morgan fingerprint density at radius 1 is 1.50 bits per heavy atom. The van der Waals surface area contributed by atoms with E-state index in [-0.39, 0.29) is 0 Å². The van der Waals surface area contributed by atoms with Gasteiger partial charge >= 0.3 is 0 Å². The Morgan fingerprint density at radius 2 is 2.36 bits per heavy atom. The number of hydrogen-bond donors (Lipinski definition) is 2. The SMILES string of the molecule is CSCCCCCNc1cc(N)ns1. The van der Waals surface area contributed by atoms with Crippen LogP contribution in [0.15, 0.2) is 6.07 Å². The lowest BCUT2D eigenvalue weighted by molar-refractivity contribution is 0.750. The molecule has 80 valence electrons.